The summed E-state index contributed by atoms with van der Waals surface area (Å²) in [6, 6.07) is 10.4. The quantitative estimate of drug-likeness (QED) is 0.788. The first-order chi connectivity index (χ1) is 12.2. The minimum atomic E-state index is -0.462. The molecule has 0 amide bonds. The Balaban J connectivity index is 1.69. The molecule has 1 aromatic carbocycles. The summed E-state index contributed by atoms with van der Waals surface area (Å²) in [6.07, 6.45) is 6.37. The van der Waals surface area contributed by atoms with Crippen molar-refractivity contribution in [3.8, 4) is 16.9 Å². The topological polar surface area (TPSA) is 46.2 Å². The number of benzene rings is 1. The number of halogens is 1. The van der Waals surface area contributed by atoms with Gasteiger partial charge in [-0.05, 0) is 62.6 Å². The Kier molecular flexibility index (Phi) is 6.00. The van der Waals surface area contributed by atoms with E-state index >= 15 is 0 Å². The van der Waals surface area contributed by atoms with Gasteiger partial charge in [0.2, 0.25) is 5.95 Å². The van der Waals surface area contributed by atoms with E-state index in [1.165, 1.54) is 31.7 Å². The molecule has 2 aromatic rings. The summed E-state index contributed by atoms with van der Waals surface area (Å²) in [5.74, 6) is 0.409. The molecule has 1 fully saturated rings. The monoisotopic (exact) mass is 343 g/mol. The maximum atomic E-state index is 13.0. The molecule has 1 aromatic heterocycles. The molecule has 25 heavy (non-hydrogen) atoms. The van der Waals surface area contributed by atoms with Crippen LogP contribution in [0.3, 0.4) is 0 Å². The third-order valence-corrected chi connectivity index (χ3v) is 5.06. The molecule has 2 N–H and O–H groups in total. The molecule has 0 radical (unpaired) electrons. The van der Waals surface area contributed by atoms with Crippen molar-refractivity contribution >= 4 is 0 Å². The molecular weight excluding hydrogens is 317 g/mol. The normalized spacial score (nSPS) is 20.4. The van der Waals surface area contributed by atoms with Crippen LogP contribution >= 0.6 is 0 Å². The zero-order valence-corrected chi connectivity index (χ0v) is 14.9. The Labute approximate surface area is 148 Å². The highest BCUT2D eigenvalue weighted by atomic mass is 19.1. The van der Waals surface area contributed by atoms with E-state index in [1.807, 2.05) is 19.2 Å². The van der Waals surface area contributed by atoms with Gasteiger partial charge in [-0.2, -0.15) is 4.39 Å². The molecule has 4 nitrogen and oxygen atoms in total. The molecule has 1 saturated carbocycles. The van der Waals surface area contributed by atoms with Crippen LogP contribution in [0, 0.1) is 5.95 Å². The predicted molar refractivity (Wildman–Crippen MR) is 98.1 cm³/mol. The molecule has 0 aliphatic heterocycles. The SMILES string of the molecule is CNC1CCC(NCc2cc(-c3ccc(F)nc3)ccc2OC)CC1. The van der Waals surface area contributed by atoms with Gasteiger partial charge in [0.05, 0.1) is 7.11 Å². The van der Waals surface area contributed by atoms with Crippen molar-refractivity contribution < 1.29 is 9.13 Å². The van der Waals surface area contributed by atoms with Gasteiger partial charge in [-0.15, -0.1) is 0 Å². The highest BCUT2D eigenvalue weighted by molar-refractivity contribution is 5.64. The van der Waals surface area contributed by atoms with Gasteiger partial charge in [0, 0.05) is 36.0 Å². The summed E-state index contributed by atoms with van der Waals surface area (Å²) in [6.45, 7) is 0.764. The Morgan fingerprint density at radius 3 is 2.44 bits per heavy atom. The molecule has 1 aliphatic rings. The van der Waals surface area contributed by atoms with Crippen molar-refractivity contribution in [2.45, 2.75) is 44.3 Å². The number of aromatic nitrogens is 1. The molecule has 3 rings (SSSR count). The summed E-state index contributed by atoms with van der Waals surface area (Å²) in [7, 11) is 3.73. The largest absolute Gasteiger partial charge is 0.496 e. The Morgan fingerprint density at radius 2 is 1.80 bits per heavy atom. The van der Waals surface area contributed by atoms with Crippen molar-refractivity contribution in [3.05, 3.63) is 48.0 Å². The molecule has 0 saturated heterocycles. The van der Waals surface area contributed by atoms with Crippen LogP contribution < -0.4 is 15.4 Å². The van der Waals surface area contributed by atoms with Crippen LogP contribution in [0.25, 0.3) is 11.1 Å². The van der Waals surface area contributed by atoms with E-state index in [4.69, 9.17) is 4.74 Å². The summed E-state index contributed by atoms with van der Waals surface area (Å²) < 4.78 is 18.5. The molecule has 1 aliphatic carbocycles. The van der Waals surface area contributed by atoms with Crippen LogP contribution in [0.5, 0.6) is 5.75 Å². The van der Waals surface area contributed by atoms with Crippen molar-refractivity contribution in [1.29, 1.82) is 0 Å². The summed E-state index contributed by atoms with van der Waals surface area (Å²) >= 11 is 0. The summed E-state index contributed by atoms with van der Waals surface area (Å²) in [4.78, 5) is 3.74. The smallest absolute Gasteiger partial charge is 0.212 e. The van der Waals surface area contributed by atoms with E-state index in [2.05, 4.69) is 21.7 Å². The van der Waals surface area contributed by atoms with Crippen LogP contribution in [0.15, 0.2) is 36.5 Å². The zero-order valence-electron chi connectivity index (χ0n) is 14.9. The van der Waals surface area contributed by atoms with E-state index in [9.17, 15) is 4.39 Å². The fraction of sp³-hybridized carbons (Fsp3) is 0.450. The zero-order chi connectivity index (χ0) is 17.6. The lowest BCUT2D eigenvalue weighted by molar-refractivity contribution is 0.315. The van der Waals surface area contributed by atoms with E-state index in [0.717, 1.165) is 29.0 Å². The average Bonchev–Trinajstić information content (AvgIpc) is 2.67. The van der Waals surface area contributed by atoms with Gasteiger partial charge in [0.25, 0.3) is 0 Å². The molecule has 0 spiro atoms. The Morgan fingerprint density at radius 1 is 1.08 bits per heavy atom. The Hall–Kier alpha value is -1.98. The second-order valence-electron chi connectivity index (χ2n) is 6.61. The van der Waals surface area contributed by atoms with Crippen LogP contribution in [-0.2, 0) is 6.54 Å². The molecule has 0 bridgehead atoms. The molecule has 5 heteroatoms. The van der Waals surface area contributed by atoms with Crippen molar-refractivity contribution in [3.63, 3.8) is 0 Å². The van der Waals surface area contributed by atoms with E-state index in [1.54, 1.807) is 19.4 Å². The first-order valence-electron chi connectivity index (χ1n) is 8.89. The van der Waals surface area contributed by atoms with E-state index in [0.29, 0.717) is 12.1 Å². The number of nitrogens with one attached hydrogen (secondary N) is 2. The number of nitrogens with zero attached hydrogens (tertiary/aromatic N) is 1. The number of rotatable bonds is 6. The van der Waals surface area contributed by atoms with Gasteiger partial charge < -0.3 is 15.4 Å². The minimum Gasteiger partial charge on any atom is -0.496 e. The lowest BCUT2D eigenvalue weighted by Crippen LogP contribution is -2.38. The highest BCUT2D eigenvalue weighted by Crippen LogP contribution is 2.27. The molecular formula is C20H26FN3O. The van der Waals surface area contributed by atoms with Gasteiger partial charge in [0.15, 0.2) is 0 Å². The van der Waals surface area contributed by atoms with Gasteiger partial charge in [-0.1, -0.05) is 6.07 Å². The standard InChI is InChI=1S/C20H26FN3O/c1-22-17-5-7-18(8-6-17)23-13-16-11-14(3-9-19(16)25-2)15-4-10-20(21)24-12-15/h3-4,9-12,17-18,22-23H,5-8,13H2,1-2H3. The molecule has 1 heterocycles. The van der Waals surface area contributed by atoms with Crippen LogP contribution in [-0.4, -0.2) is 31.2 Å². The predicted octanol–water partition coefficient (Wildman–Crippen LogP) is 3.52. The fourth-order valence-corrected chi connectivity index (χ4v) is 3.48. The van der Waals surface area contributed by atoms with Crippen molar-refractivity contribution in [2.24, 2.45) is 0 Å². The van der Waals surface area contributed by atoms with E-state index < -0.39 is 5.95 Å². The van der Waals surface area contributed by atoms with Gasteiger partial charge in [-0.3, -0.25) is 0 Å². The average molecular weight is 343 g/mol. The number of hydrogen-bond acceptors (Lipinski definition) is 4. The van der Waals surface area contributed by atoms with Crippen LogP contribution in [0.2, 0.25) is 0 Å². The Bertz CT molecular complexity index is 682. The fourth-order valence-electron chi connectivity index (χ4n) is 3.48. The summed E-state index contributed by atoms with van der Waals surface area (Å²) in [5, 5.41) is 7.03. The number of methoxy groups -OCH3 is 1. The highest BCUT2D eigenvalue weighted by Gasteiger charge is 2.19. The first-order valence-corrected chi connectivity index (χ1v) is 8.89. The minimum absolute atomic E-state index is 0.462. The van der Waals surface area contributed by atoms with Crippen molar-refractivity contribution in [1.82, 2.24) is 15.6 Å². The third kappa shape index (κ3) is 4.55. The van der Waals surface area contributed by atoms with E-state index in [-0.39, 0.29) is 0 Å². The molecule has 134 valence electrons. The maximum Gasteiger partial charge on any atom is 0.212 e. The molecule has 0 atom stereocenters. The van der Waals surface area contributed by atoms with Crippen molar-refractivity contribution in [2.75, 3.05) is 14.2 Å². The number of pyridine rings is 1. The van der Waals surface area contributed by atoms with Gasteiger partial charge in [-0.25, -0.2) is 4.98 Å². The van der Waals surface area contributed by atoms with Crippen LogP contribution in [0.4, 0.5) is 4.39 Å². The second kappa shape index (κ2) is 8.41. The van der Waals surface area contributed by atoms with Crippen LogP contribution in [0.1, 0.15) is 31.2 Å². The molecule has 0 unspecified atom stereocenters. The lowest BCUT2D eigenvalue weighted by Gasteiger charge is -2.29. The third-order valence-electron chi connectivity index (χ3n) is 5.06. The number of hydrogen-bond donors (Lipinski definition) is 2. The first kappa shape index (κ1) is 17.8. The van der Waals surface area contributed by atoms with Gasteiger partial charge in [0.1, 0.15) is 5.75 Å². The summed E-state index contributed by atoms with van der Waals surface area (Å²) in [5.41, 5.74) is 3.03. The maximum absolute atomic E-state index is 13.0. The number of ether oxygens (including phenoxy) is 1. The van der Waals surface area contributed by atoms with Gasteiger partial charge >= 0.3 is 0 Å². The lowest BCUT2D eigenvalue weighted by atomic mass is 9.91. The second-order valence-corrected chi connectivity index (χ2v) is 6.61.